The first kappa shape index (κ1) is 18.4. The van der Waals surface area contributed by atoms with Gasteiger partial charge in [0.2, 0.25) is 0 Å². The van der Waals surface area contributed by atoms with Crippen LogP contribution in [0.2, 0.25) is 0 Å². The van der Waals surface area contributed by atoms with Gasteiger partial charge in [-0.1, -0.05) is 54.6 Å². The quantitative estimate of drug-likeness (QED) is 0.506. The molecule has 5 rings (SSSR count). The number of imidazole rings is 1. The Hall–Kier alpha value is -3.67. The van der Waals surface area contributed by atoms with Gasteiger partial charge in [0.1, 0.15) is 5.69 Å². The number of rotatable bonds is 4. The number of hydrogen-bond acceptors (Lipinski definition) is 3. The topological polar surface area (TPSA) is 79.5 Å². The summed E-state index contributed by atoms with van der Waals surface area (Å²) in [7, 11) is 0. The molecule has 0 radical (unpaired) electrons. The first-order valence-electron chi connectivity index (χ1n) is 10.1. The van der Waals surface area contributed by atoms with Crippen LogP contribution in [0, 0.1) is 6.92 Å². The number of fused-ring (bicyclic) bond motifs is 1. The predicted octanol–water partition coefficient (Wildman–Crippen LogP) is 5.02. The van der Waals surface area contributed by atoms with E-state index in [0.717, 1.165) is 58.7 Å². The molecule has 6 nitrogen and oxygen atoms in total. The molecule has 1 amide bonds. The van der Waals surface area contributed by atoms with E-state index in [0.29, 0.717) is 0 Å². The van der Waals surface area contributed by atoms with Crippen LogP contribution in [-0.4, -0.2) is 25.8 Å². The van der Waals surface area contributed by atoms with Crippen LogP contribution in [0.15, 0.2) is 66.7 Å². The van der Waals surface area contributed by atoms with Gasteiger partial charge in [0, 0.05) is 11.1 Å². The van der Waals surface area contributed by atoms with Crippen LogP contribution in [0.1, 0.15) is 30.5 Å². The first-order valence-corrected chi connectivity index (χ1v) is 10.1. The van der Waals surface area contributed by atoms with Crippen LogP contribution < -0.4 is 5.32 Å². The van der Waals surface area contributed by atoms with Gasteiger partial charge in [0.05, 0.1) is 16.9 Å². The van der Waals surface area contributed by atoms with Crippen LogP contribution in [0.3, 0.4) is 0 Å². The van der Waals surface area contributed by atoms with Gasteiger partial charge >= 0.3 is 6.09 Å². The highest BCUT2D eigenvalue weighted by Gasteiger charge is 2.40. The smallest absolute Gasteiger partial charge is 0.405 e. The van der Waals surface area contributed by atoms with Crippen LogP contribution in [-0.2, 0) is 5.54 Å². The summed E-state index contributed by atoms with van der Waals surface area (Å²) in [5.41, 5.74) is 6.08. The van der Waals surface area contributed by atoms with Gasteiger partial charge in [0.15, 0.2) is 5.65 Å². The minimum Gasteiger partial charge on any atom is -0.465 e. The van der Waals surface area contributed by atoms with Crippen molar-refractivity contribution < 1.29 is 9.90 Å². The molecular weight excluding hydrogens is 376 g/mol. The third-order valence-electron chi connectivity index (χ3n) is 5.92. The molecule has 0 atom stereocenters. The number of nitrogens with zero attached hydrogens (tertiary/aromatic N) is 3. The average molecular weight is 398 g/mol. The number of carbonyl (C=O) groups is 1. The summed E-state index contributed by atoms with van der Waals surface area (Å²) in [6.07, 6.45) is 1.70. The largest absolute Gasteiger partial charge is 0.465 e. The maximum absolute atomic E-state index is 11.3. The minimum atomic E-state index is -0.980. The van der Waals surface area contributed by atoms with E-state index in [4.69, 9.17) is 4.98 Å². The zero-order chi connectivity index (χ0) is 20.7. The molecule has 30 heavy (non-hydrogen) atoms. The highest BCUT2D eigenvalue weighted by molar-refractivity contribution is 5.81. The number of benzene rings is 2. The van der Waals surface area contributed by atoms with Gasteiger partial charge in [-0.15, -0.1) is 0 Å². The fraction of sp³-hybridized carbons (Fsp3) is 0.208. The number of amides is 1. The van der Waals surface area contributed by atoms with E-state index in [2.05, 4.69) is 22.5 Å². The second-order valence-electron chi connectivity index (χ2n) is 7.86. The summed E-state index contributed by atoms with van der Waals surface area (Å²) in [5, 5.41) is 16.7. The maximum Gasteiger partial charge on any atom is 0.405 e. The van der Waals surface area contributed by atoms with Gasteiger partial charge in [-0.25, -0.2) is 14.3 Å². The van der Waals surface area contributed by atoms with Crippen molar-refractivity contribution in [2.45, 2.75) is 31.7 Å². The molecule has 0 bridgehead atoms. The zero-order valence-electron chi connectivity index (χ0n) is 16.7. The summed E-state index contributed by atoms with van der Waals surface area (Å²) in [6.45, 7) is 1.97. The Bertz CT molecular complexity index is 1230. The fourth-order valence-electron chi connectivity index (χ4n) is 4.25. The third-order valence-corrected chi connectivity index (χ3v) is 5.92. The number of aromatic nitrogens is 3. The molecule has 0 spiro atoms. The first-order chi connectivity index (χ1) is 14.6. The standard InChI is InChI=1S/C24H22N4O2/c1-16-8-13-20-25-21(22(28(20)27-16)18-6-3-2-4-7-18)17-9-11-19(12-10-17)24(14-5-15-24)26-23(29)30/h2-4,6-13,26H,5,14-15H2,1H3,(H,29,30). The zero-order valence-corrected chi connectivity index (χ0v) is 16.7. The van der Waals surface area contributed by atoms with Crippen LogP contribution in [0.25, 0.3) is 28.2 Å². The molecule has 1 fully saturated rings. The van der Waals surface area contributed by atoms with Gasteiger partial charge in [-0.05, 0) is 43.9 Å². The van der Waals surface area contributed by atoms with E-state index in [1.54, 1.807) is 0 Å². The lowest BCUT2D eigenvalue weighted by atomic mass is 9.72. The Morgan fingerprint density at radius 2 is 1.73 bits per heavy atom. The molecule has 0 saturated heterocycles. The average Bonchev–Trinajstić information content (AvgIpc) is 3.10. The molecule has 6 heteroatoms. The molecule has 2 aromatic carbocycles. The highest BCUT2D eigenvalue weighted by atomic mass is 16.4. The lowest BCUT2D eigenvalue weighted by Crippen LogP contribution is -2.50. The van der Waals surface area contributed by atoms with E-state index >= 15 is 0 Å². The molecule has 0 unspecified atom stereocenters. The molecule has 1 aliphatic rings. The molecular formula is C24H22N4O2. The van der Waals surface area contributed by atoms with E-state index in [-0.39, 0.29) is 0 Å². The SMILES string of the molecule is Cc1ccc2nc(-c3ccc(C4(NC(=O)O)CCC4)cc3)c(-c3ccccc3)n2n1. The maximum atomic E-state index is 11.3. The lowest BCUT2D eigenvalue weighted by Gasteiger charge is -2.42. The summed E-state index contributed by atoms with van der Waals surface area (Å²) in [5.74, 6) is 0. The van der Waals surface area contributed by atoms with Crippen molar-refractivity contribution >= 4 is 11.7 Å². The highest BCUT2D eigenvalue weighted by Crippen LogP contribution is 2.42. The van der Waals surface area contributed by atoms with Crippen molar-refractivity contribution in [2.24, 2.45) is 0 Å². The van der Waals surface area contributed by atoms with E-state index < -0.39 is 11.6 Å². The van der Waals surface area contributed by atoms with Gasteiger partial charge < -0.3 is 10.4 Å². The molecule has 2 N–H and O–H groups in total. The normalized spacial score (nSPS) is 15.0. The van der Waals surface area contributed by atoms with Crippen LogP contribution in [0.5, 0.6) is 0 Å². The van der Waals surface area contributed by atoms with Crippen molar-refractivity contribution in [1.82, 2.24) is 19.9 Å². The van der Waals surface area contributed by atoms with Crippen molar-refractivity contribution in [3.8, 4) is 22.5 Å². The number of carboxylic acid groups (broad SMARTS) is 1. The second-order valence-corrected chi connectivity index (χ2v) is 7.86. The molecule has 1 saturated carbocycles. The Morgan fingerprint density at radius 1 is 1.00 bits per heavy atom. The van der Waals surface area contributed by atoms with Crippen LogP contribution in [0.4, 0.5) is 4.79 Å². The van der Waals surface area contributed by atoms with Gasteiger partial charge in [-0.3, -0.25) is 0 Å². The van der Waals surface area contributed by atoms with E-state index in [1.165, 1.54) is 0 Å². The summed E-state index contributed by atoms with van der Waals surface area (Å²) in [6, 6.07) is 22.2. The van der Waals surface area contributed by atoms with Gasteiger partial charge in [0.25, 0.3) is 0 Å². The van der Waals surface area contributed by atoms with Crippen LogP contribution >= 0.6 is 0 Å². The van der Waals surface area contributed by atoms with E-state index in [9.17, 15) is 9.90 Å². The molecule has 2 aromatic heterocycles. The van der Waals surface area contributed by atoms with Crippen molar-refractivity contribution in [3.63, 3.8) is 0 Å². The van der Waals surface area contributed by atoms with Crippen molar-refractivity contribution in [1.29, 1.82) is 0 Å². The molecule has 4 aromatic rings. The molecule has 0 aliphatic heterocycles. The predicted molar refractivity (Wildman–Crippen MR) is 115 cm³/mol. The monoisotopic (exact) mass is 398 g/mol. The summed E-state index contributed by atoms with van der Waals surface area (Å²) < 4.78 is 1.90. The fourth-order valence-corrected chi connectivity index (χ4v) is 4.25. The number of aryl methyl sites for hydroxylation is 1. The Kier molecular flexibility index (Phi) is 4.28. The Labute approximate surface area is 174 Å². The van der Waals surface area contributed by atoms with E-state index in [1.807, 2.05) is 66.0 Å². The number of nitrogens with one attached hydrogen (secondary N) is 1. The van der Waals surface area contributed by atoms with Crippen molar-refractivity contribution in [2.75, 3.05) is 0 Å². The third kappa shape index (κ3) is 3.01. The molecule has 150 valence electrons. The second kappa shape index (κ2) is 6.99. The lowest BCUT2D eigenvalue weighted by molar-refractivity contribution is 0.144. The van der Waals surface area contributed by atoms with Crippen molar-refractivity contribution in [3.05, 3.63) is 78.0 Å². The minimum absolute atomic E-state index is 0.468. The molecule has 2 heterocycles. The summed E-state index contributed by atoms with van der Waals surface area (Å²) >= 11 is 0. The Balaban J connectivity index is 1.62. The molecule has 1 aliphatic carbocycles. The Morgan fingerprint density at radius 3 is 2.37 bits per heavy atom. The number of hydrogen-bond donors (Lipinski definition) is 2. The summed E-state index contributed by atoms with van der Waals surface area (Å²) in [4.78, 5) is 16.1. The van der Waals surface area contributed by atoms with Gasteiger partial charge in [-0.2, -0.15) is 5.10 Å².